The normalized spacial score (nSPS) is 15.6. The highest BCUT2D eigenvalue weighted by atomic mass is 16.5. The molecule has 0 saturated carbocycles. The maximum Gasteiger partial charge on any atom is 0.263 e. The summed E-state index contributed by atoms with van der Waals surface area (Å²) in [6.45, 7) is 2.35. The van der Waals surface area contributed by atoms with Crippen LogP contribution in [0.5, 0.6) is 5.75 Å². The van der Waals surface area contributed by atoms with Crippen molar-refractivity contribution < 1.29 is 14.3 Å². The highest BCUT2D eigenvalue weighted by Gasteiger charge is 2.33. The number of carbonyl (C=O) groups excluding carboxylic acids is 2. The van der Waals surface area contributed by atoms with Crippen molar-refractivity contribution in [2.45, 2.75) is 25.9 Å². The molecule has 8 heteroatoms. The van der Waals surface area contributed by atoms with E-state index in [0.717, 1.165) is 5.56 Å². The Kier molecular flexibility index (Phi) is 6.02. The monoisotopic (exact) mass is 432 g/mol. The predicted octanol–water partition coefficient (Wildman–Crippen LogP) is 2.14. The topological polar surface area (TPSA) is 93.5 Å². The molecular weight excluding hydrogens is 408 g/mol. The van der Waals surface area contributed by atoms with Gasteiger partial charge in [-0.25, -0.2) is 0 Å². The average molecular weight is 432 g/mol. The first-order valence-electron chi connectivity index (χ1n) is 10.3. The number of amides is 2. The van der Waals surface area contributed by atoms with E-state index in [1.54, 1.807) is 61.8 Å². The Morgan fingerprint density at radius 2 is 2.00 bits per heavy atom. The molecule has 0 aliphatic carbocycles. The number of benzene rings is 1. The van der Waals surface area contributed by atoms with E-state index < -0.39 is 11.9 Å². The van der Waals surface area contributed by atoms with E-state index in [1.165, 1.54) is 4.57 Å². The molecule has 1 aliphatic rings. The molecule has 1 unspecified atom stereocenters. The van der Waals surface area contributed by atoms with Crippen molar-refractivity contribution in [3.05, 3.63) is 88.1 Å². The average Bonchev–Trinajstić information content (AvgIpc) is 3.16. The highest BCUT2D eigenvalue weighted by molar-refractivity contribution is 6.00. The quantitative estimate of drug-likeness (QED) is 0.644. The van der Waals surface area contributed by atoms with Gasteiger partial charge in [0.1, 0.15) is 11.3 Å². The number of anilines is 1. The van der Waals surface area contributed by atoms with Crippen LogP contribution >= 0.6 is 0 Å². The predicted molar refractivity (Wildman–Crippen MR) is 120 cm³/mol. The number of hydrogen-bond donors (Lipinski definition) is 1. The SMILES string of the molecule is COc1ccccc1N1CC(NC(=O)c2c(C)ccn(Cc3cccnc3)c2=O)CC1=O. The van der Waals surface area contributed by atoms with Crippen LogP contribution in [0.25, 0.3) is 0 Å². The van der Waals surface area contributed by atoms with Gasteiger partial charge in [-0.3, -0.25) is 19.4 Å². The number of hydrogen-bond acceptors (Lipinski definition) is 5. The molecule has 4 rings (SSSR count). The van der Waals surface area contributed by atoms with Crippen LogP contribution < -0.4 is 20.5 Å². The minimum atomic E-state index is -0.479. The van der Waals surface area contributed by atoms with Gasteiger partial charge in [0, 0.05) is 31.6 Å². The molecule has 1 fully saturated rings. The molecule has 2 aromatic heterocycles. The summed E-state index contributed by atoms with van der Waals surface area (Å²) in [4.78, 5) is 44.3. The molecule has 164 valence electrons. The number of aromatic nitrogens is 2. The van der Waals surface area contributed by atoms with Crippen molar-refractivity contribution in [3.63, 3.8) is 0 Å². The Morgan fingerprint density at radius 3 is 2.75 bits per heavy atom. The lowest BCUT2D eigenvalue weighted by Crippen LogP contribution is -2.41. The third kappa shape index (κ3) is 4.25. The maximum atomic E-state index is 13.0. The maximum absolute atomic E-state index is 13.0. The number of para-hydroxylation sites is 2. The van der Waals surface area contributed by atoms with Gasteiger partial charge >= 0.3 is 0 Å². The second-order valence-electron chi connectivity index (χ2n) is 7.72. The molecule has 3 heterocycles. The Labute approximate surface area is 185 Å². The summed E-state index contributed by atoms with van der Waals surface area (Å²) < 4.78 is 6.84. The number of pyridine rings is 2. The van der Waals surface area contributed by atoms with Gasteiger partial charge in [-0.15, -0.1) is 0 Å². The zero-order chi connectivity index (χ0) is 22.7. The molecule has 1 atom stereocenters. The first-order valence-corrected chi connectivity index (χ1v) is 10.3. The highest BCUT2D eigenvalue weighted by Crippen LogP contribution is 2.31. The standard InChI is InChI=1S/C24H24N4O4/c1-16-9-11-27(14-17-6-5-10-25-13-17)24(31)22(16)23(30)26-18-12-21(29)28(15-18)19-7-3-4-8-20(19)32-2/h3-11,13,18H,12,14-15H2,1-2H3,(H,26,30). The number of methoxy groups -OCH3 is 1. The largest absolute Gasteiger partial charge is 0.495 e. The Bertz CT molecular complexity index is 1210. The van der Waals surface area contributed by atoms with Crippen molar-refractivity contribution in [2.24, 2.45) is 0 Å². The van der Waals surface area contributed by atoms with Crippen LogP contribution in [0, 0.1) is 6.92 Å². The Morgan fingerprint density at radius 1 is 1.19 bits per heavy atom. The number of nitrogens with zero attached hydrogens (tertiary/aromatic N) is 3. The van der Waals surface area contributed by atoms with E-state index in [4.69, 9.17) is 4.74 Å². The molecule has 1 N–H and O–H groups in total. The fourth-order valence-corrected chi connectivity index (χ4v) is 3.90. The zero-order valence-corrected chi connectivity index (χ0v) is 17.9. The minimum Gasteiger partial charge on any atom is -0.495 e. The van der Waals surface area contributed by atoms with Gasteiger partial charge in [0.05, 0.1) is 25.4 Å². The fraction of sp³-hybridized carbons (Fsp3) is 0.250. The van der Waals surface area contributed by atoms with Crippen LogP contribution in [-0.4, -0.2) is 41.1 Å². The lowest BCUT2D eigenvalue weighted by Gasteiger charge is -2.20. The van der Waals surface area contributed by atoms with Gasteiger partial charge in [-0.2, -0.15) is 0 Å². The van der Waals surface area contributed by atoms with Crippen LogP contribution in [0.4, 0.5) is 5.69 Å². The summed E-state index contributed by atoms with van der Waals surface area (Å²) in [5.74, 6) is -0.00342. The van der Waals surface area contributed by atoms with E-state index in [0.29, 0.717) is 30.1 Å². The molecule has 8 nitrogen and oxygen atoms in total. The van der Waals surface area contributed by atoms with Crippen molar-refractivity contribution >= 4 is 17.5 Å². The number of carbonyl (C=O) groups is 2. The van der Waals surface area contributed by atoms with Crippen molar-refractivity contribution in [3.8, 4) is 5.75 Å². The second kappa shape index (κ2) is 9.05. The summed E-state index contributed by atoms with van der Waals surface area (Å²) in [6, 6.07) is 12.2. The van der Waals surface area contributed by atoms with E-state index in [-0.39, 0.29) is 23.5 Å². The van der Waals surface area contributed by atoms with Crippen molar-refractivity contribution in [1.29, 1.82) is 0 Å². The number of ether oxygens (including phenoxy) is 1. The third-order valence-electron chi connectivity index (χ3n) is 5.51. The van der Waals surface area contributed by atoms with Gasteiger partial charge < -0.3 is 19.5 Å². The molecule has 3 aromatic rings. The van der Waals surface area contributed by atoms with Crippen LogP contribution in [0.2, 0.25) is 0 Å². The molecule has 1 aliphatic heterocycles. The zero-order valence-electron chi connectivity index (χ0n) is 17.9. The molecule has 32 heavy (non-hydrogen) atoms. The summed E-state index contributed by atoms with van der Waals surface area (Å²) >= 11 is 0. The summed E-state index contributed by atoms with van der Waals surface area (Å²) in [6.07, 6.45) is 5.17. The number of nitrogens with one attached hydrogen (secondary N) is 1. The first kappa shape index (κ1) is 21.3. The summed E-state index contributed by atoms with van der Waals surface area (Å²) in [5.41, 5.74) is 1.81. The van der Waals surface area contributed by atoms with Gasteiger partial charge in [0.2, 0.25) is 5.91 Å². The van der Waals surface area contributed by atoms with Crippen LogP contribution in [0.1, 0.15) is 27.9 Å². The third-order valence-corrected chi connectivity index (χ3v) is 5.51. The van der Waals surface area contributed by atoms with E-state index in [9.17, 15) is 14.4 Å². The first-order chi connectivity index (χ1) is 15.5. The van der Waals surface area contributed by atoms with Gasteiger partial charge in [0.15, 0.2) is 0 Å². The van der Waals surface area contributed by atoms with E-state index in [2.05, 4.69) is 10.3 Å². The molecule has 1 aromatic carbocycles. The fourth-order valence-electron chi connectivity index (χ4n) is 3.90. The van der Waals surface area contributed by atoms with Crippen LogP contribution in [-0.2, 0) is 11.3 Å². The minimum absolute atomic E-state index is 0.0829. The molecule has 1 saturated heterocycles. The van der Waals surface area contributed by atoms with Gasteiger partial charge in [0.25, 0.3) is 11.5 Å². The molecule has 0 spiro atoms. The van der Waals surface area contributed by atoms with Crippen molar-refractivity contribution in [2.75, 3.05) is 18.6 Å². The molecular formula is C24H24N4O4. The lowest BCUT2D eigenvalue weighted by molar-refractivity contribution is -0.117. The smallest absolute Gasteiger partial charge is 0.263 e. The molecule has 0 bridgehead atoms. The van der Waals surface area contributed by atoms with Crippen molar-refractivity contribution in [1.82, 2.24) is 14.9 Å². The Balaban J connectivity index is 1.52. The Hall–Kier alpha value is -3.94. The summed E-state index contributed by atoms with van der Waals surface area (Å²) in [5, 5.41) is 2.87. The van der Waals surface area contributed by atoms with E-state index >= 15 is 0 Å². The van der Waals surface area contributed by atoms with Gasteiger partial charge in [-0.05, 0) is 42.3 Å². The lowest BCUT2D eigenvalue weighted by atomic mass is 10.1. The number of aryl methyl sites for hydroxylation is 1. The van der Waals surface area contributed by atoms with E-state index in [1.807, 2.05) is 18.2 Å². The summed E-state index contributed by atoms with van der Waals surface area (Å²) in [7, 11) is 1.55. The number of rotatable bonds is 6. The second-order valence-corrected chi connectivity index (χ2v) is 7.72. The molecule has 2 amide bonds. The van der Waals surface area contributed by atoms with Crippen LogP contribution in [0.15, 0.2) is 65.8 Å². The van der Waals surface area contributed by atoms with Crippen LogP contribution in [0.3, 0.4) is 0 Å². The van der Waals surface area contributed by atoms with Gasteiger partial charge in [-0.1, -0.05) is 18.2 Å². The molecule has 0 radical (unpaired) electrons.